The molecule has 1 aliphatic heterocycles. The Balaban J connectivity index is 1.55. The third-order valence-electron chi connectivity index (χ3n) is 5.95. The molecule has 0 saturated carbocycles. The van der Waals surface area contributed by atoms with Gasteiger partial charge >= 0.3 is 11.1 Å². The Labute approximate surface area is 186 Å². The monoisotopic (exact) mass is 435 g/mol. The molecule has 0 atom stereocenters. The molecule has 8 heteroatoms. The SMILES string of the molecule is Cc1ccc(Cn2c(=O)c(=O)n(CC(=O)NCCN3CCCCC3)c3cccnc32)cc1. The zero-order chi connectivity index (χ0) is 22.5. The van der Waals surface area contributed by atoms with Crippen LogP contribution in [0.3, 0.4) is 0 Å². The highest BCUT2D eigenvalue weighted by Crippen LogP contribution is 2.11. The lowest BCUT2D eigenvalue weighted by atomic mass is 10.1. The molecule has 3 aromatic rings. The van der Waals surface area contributed by atoms with E-state index in [4.69, 9.17) is 0 Å². The van der Waals surface area contributed by atoms with E-state index in [0.29, 0.717) is 17.7 Å². The van der Waals surface area contributed by atoms with Gasteiger partial charge < -0.3 is 10.2 Å². The number of carbonyl (C=O) groups excluding carboxylic acids is 1. The molecular formula is C24H29N5O3. The number of piperidine rings is 1. The van der Waals surface area contributed by atoms with Crippen molar-refractivity contribution in [3.63, 3.8) is 0 Å². The number of rotatable bonds is 7. The van der Waals surface area contributed by atoms with Crippen molar-refractivity contribution >= 4 is 17.1 Å². The van der Waals surface area contributed by atoms with Crippen molar-refractivity contribution in [2.45, 2.75) is 39.3 Å². The molecule has 32 heavy (non-hydrogen) atoms. The van der Waals surface area contributed by atoms with Crippen molar-refractivity contribution in [1.82, 2.24) is 24.3 Å². The molecule has 1 N–H and O–H groups in total. The van der Waals surface area contributed by atoms with E-state index >= 15 is 0 Å². The van der Waals surface area contributed by atoms with Crippen LogP contribution >= 0.6 is 0 Å². The van der Waals surface area contributed by atoms with Gasteiger partial charge in [0, 0.05) is 19.3 Å². The minimum atomic E-state index is -0.719. The number of benzene rings is 1. The summed E-state index contributed by atoms with van der Waals surface area (Å²) in [4.78, 5) is 45.1. The Kier molecular flexibility index (Phi) is 6.80. The molecule has 1 saturated heterocycles. The Hall–Kier alpha value is -3.26. The van der Waals surface area contributed by atoms with Gasteiger partial charge in [0.2, 0.25) is 5.91 Å². The lowest BCUT2D eigenvalue weighted by Gasteiger charge is -2.26. The molecule has 3 heterocycles. The molecule has 8 nitrogen and oxygen atoms in total. The molecular weight excluding hydrogens is 406 g/mol. The lowest BCUT2D eigenvalue weighted by molar-refractivity contribution is -0.121. The molecule has 4 rings (SSSR count). The summed E-state index contributed by atoms with van der Waals surface area (Å²) in [6.45, 7) is 5.46. The van der Waals surface area contributed by atoms with Gasteiger partial charge in [-0.05, 0) is 50.6 Å². The zero-order valence-corrected chi connectivity index (χ0v) is 18.4. The third-order valence-corrected chi connectivity index (χ3v) is 5.95. The van der Waals surface area contributed by atoms with Crippen LogP contribution in [0.5, 0.6) is 0 Å². The van der Waals surface area contributed by atoms with E-state index in [-0.39, 0.29) is 19.0 Å². The number of aryl methyl sites for hydroxylation is 1. The third kappa shape index (κ3) is 4.96. The van der Waals surface area contributed by atoms with Crippen LogP contribution in [0.4, 0.5) is 0 Å². The Morgan fingerprint density at radius 2 is 1.72 bits per heavy atom. The van der Waals surface area contributed by atoms with E-state index in [1.165, 1.54) is 28.4 Å². The van der Waals surface area contributed by atoms with Crippen LogP contribution in [0.15, 0.2) is 52.2 Å². The molecule has 1 fully saturated rings. The number of hydrogen-bond donors (Lipinski definition) is 1. The number of carbonyl (C=O) groups is 1. The largest absolute Gasteiger partial charge is 0.353 e. The number of hydrogen-bond acceptors (Lipinski definition) is 5. The van der Waals surface area contributed by atoms with E-state index in [1.807, 2.05) is 31.2 Å². The van der Waals surface area contributed by atoms with Crippen LogP contribution in [0.2, 0.25) is 0 Å². The maximum Gasteiger partial charge on any atom is 0.318 e. The van der Waals surface area contributed by atoms with Gasteiger partial charge in [-0.2, -0.15) is 0 Å². The number of amides is 1. The number of pyridine rings is 1. The van der Waals surface area contributed by atoms with Gasteiger partial charge in [0.1, 0.15) is 6.54 Å². The van der Waals surface area contributed by atoms with Crippen LogP contribution in [0.1, 0.15) is 30.4 Å². The molecule has 1 amide bonds. The number of aromatic nitrogens is 3. The van der Waals surface area contributed by atoms with Gasteiger partial charge in [-0.1, -0.05) is 36.2 Å². The van der Waals surface area contributed by atoms with Gasteiger partial charge in [-0.15, -0.1) is 0 Å². The van der Waals surface area contributed by atoms with Gasteiger partial charge in [-0.3, -0.25) is 23.5 Å². The summed E-state index contributed by atoms with van der Waals surface area (Å²) in [5.41, 5.74) is 1.47. The second-order valence-electron chi connectivity index (χ2n) is 8.37. The maximum absolute atomic E-state index is 12.9. The lowest BCUT2D eigenvalue weighted by Crippen LogP contribution is -2.45. The molecule has 0 spiro atoms. The summed E-state index contributed by atoms with van der Waals surface area (Å²) < 4.78 is 2.61. The van der Waals surface area contributed by atoms with Crippen molar-refractivity contribution in [2.24, 2.45) is 0 Å². The van der Waals surface area contributed by atoms with Gasteiger partial charge in [0.15, 0.2) is 5.65 Å². The smallest absolute Gasteiger partial charge is 0.318 e. The summed E-state index contributed by atoms with van der Waals surface area (Å²) in [5, 5.41) is 2.88. The first-order chi connectivity index (χ1) is 15.5. The van der Waals surface area contributed by atoms with Gasteiger partial charge in [0.25, 0.3) is 0 Å². The second-order valence-corrected chi connectivity index (χ2v) is 8.37. The topological polar surface area (TPSA) is 89.2 Å². The highest BCUT2D eigenvalue weighted by Gasteiger charge is 2.17. The molecule has 0 bridgehead atoms. The number of likely N-dealkylation sites (tertiary alicyclic amines) is 1. The number of nitrogens with zero attached hydrogens (tertiary/aromatic N) is 4. The van der Waals surface area contributed by atoms with Crippen molar-refractivity contribution in [3.05, 3.63) is 74.4 Å². The minimum absolute atomic E-state index is 0.207. The van der Waals surface area contributed by atoms with E-state index in [9.17, 15) is 14.4 Å². The fourth-order valence-corrected chi connectivity index (χ4v) is 4.16. The molecule has 168 valence electrons. The standard InChI is InChI=1S/C24H29N5O3/c1-18-7-9-19(10-8-18)16-29-22-20(6-5-11-26-22)28(23(31)24(29)32)17-21(30)25-12-15-27-13-3-2-4-14-27/h5-11H,2-4,12-17H2,1H3,(H,25,30). The van der Waals surface area contributed by atoms with E-state index in [2.05, 4.69) is 15.2 Å². The van der Waals surface area contributed by atoms with Gasteiger partial charge in [0.05, 0.1) is 12.1 Å². The van der Waals surface area contributed by atoms with E-state index in [0.717, 1.165) is 30.8 Å². The molecule has 0 radical (unpaired) electrons. The van der Waals surface area contributed by atoms with Crippen LogP contribution in [0.25, 0.3) is 11.2 Å². The highest BCUT2D eigenvalue weighted by atomic mass is 16.2. The first-order valence-corrected chi connectivity index (χ1v) is 11.2. The molecule has 1 aliphatic rings. The normalized spacial score (nSPS) is 14.5. The summed E-state index contributed by atoms with van der Waals surface area (Å²) in [6, 6.07) is 11.2. The van der Waals surface area contributed by atoms with Crippen molar-refractivity contribution < 1.29 is 4.79 Å². The molecule has 2 aromatic heterocycles. The second kappa shape index (κ2) is 9.91. The molecule has 0 aliphatic carbocycles. The van der Waals surface area contributed by atoms with Crippen LogP contribution in [-0.4, -0.2) is 51.1 Å². The first-order valence-electron chi connectivity index (χ1n) is 11.2. The average molecular weight is 436 g/mol. The summed E-state index contributed by atoms with van der Waals surface area (Å²) in [7, 11) is 0. The molecule has 1 aromatic carbocycles. The quantitative estimate of drug-likeness (QED) is 0.569. The highest BCUT2D eigenvalue weighted by molar-refractivity contribution is 5.78. The maximum atomic E-state index is 12.9. The number of nitrogens with one attached hydrogen (secondary N) is 1. The Bertz CT molecular complexity index is 1210. The van der Waals surface area contributed by atoms with Crippen LogP contribution in [-0.2, 0) is 17.9 Å². The minimum Gasteiger partial charge on any atom is -0.353 e. The summed E-state index contributed by atoms with van der Waals surface area (Å²) in [5.74, 6) is -0.287. The van der Waals surface area contributed by atoms with E-state index in [1.54, 1.807) is 18.3 Å². The average Bonchev–Trinajstić information content (AvgIpc) is 2.81. The fraction of sp³-hybridized carbons (Fsp3) is 0.417. The predicted octanol–water partition coefficient (Wildman–Crippen LogP) is 1.52. The fourth-order valence-electron chi connectivity index (χ4n) is 4.16. The Morgan fingerprint density at radius 3 is 2.47 bits per heavy atom. The van der Waals surface area contributed by atoms with Crippen LogP contribution in [0, 0.1) is 6.92 Å². The Morgan fingerprint density at radius 1 is 1.00 bits per heavy atom. The van der Waals surface area contributed by atoms with Crippen LogP contribution < -0.4 is 16.4 Å². The predicted molar refractivity (Wildman–Crippen MR) is 124 cm³/mol. The van der Waals surface area contributed by atoms with E-state index < -0.39 is 11.1 Å². The van der Waals surface area contributed by atoms with Crippen molar-refractivity contribution in [3.8, 4) is 0 Å². The zero-order valence-electron chi connectivity index (χ0n) is 18.4. The van der Waals surface area contributed by atoms with Gasteiger partial charge in [-0.25, -0.2) is 4.98 Å². The van der Waals surface area contributed by atoms with Crippen molar-refractivity contribution in [1.29, 1.82) is 0 Å². The van der Waals surface area contributed by atoms with Crippen molar-refractivity contribution in [2.75, 3.05) is 26.2 Å². The molecule has 0 unspecified atom stereocenters. The summed E-state index contributed by atoms with van der Waals surface area (Å²) in [6.07, 6.45) is 5.24. The number of fused-ring (bicyclic) bond motifs is 1. The summed E-state index contributed by atoms with van der Waals surface area (Å²) >= 11 is 0. The first kappa shape index (κ1) is 22.0.